The standard InChI is InChI=1S/C21H17N3O3S.C20H14N2O5.2C20H14N2O4S.C20H14N2O3S2/c1-23-20(28)15-9-13-12-4-2-3-5-14(12)22-18(13)19(24(15)21(23)25)11-6-7-16-17(8-11)27-10-26-16;2*23-19-14-8-12-11-3-1-2-4-13(11)21-17(12)18(22(14)20(24)27-19)10-5-6-15-16(7-10)26-9-25-15;23-19-14-8-12-11-3-1-2-4-13(11)21-17(12)18(22(14)20(27)26-19)10-5-6-15-16(7-10)25-9-24-15;26-19-14-8-12-11-3-1-2-4-13(11)21-17(12)18(22(14)20(27)25-19)10-5-6-15-16(7-10)24-9-23-15/h2-8,15,19,22H,9-10H2,1H3;4*1-7,14,18,21H,8-9H2/t15-,19+;4*14-,18-/m01111/s1. The highest BCUT2D eigenvalue weighted by molar-refractivity contribution is 8.26. The van der Waals surface area contributed by atoms with Crippen LogP contribution in [0, 0.1) is 0 Å². The quantitative estimate of drug-likeness (QED) is 0.0607. The zero-order valence-corrected chi connectivity index (χ0v) is 75.6. The largest absolute Gasteiger partial charge is 0.454 e. The van der Waals surface area contributed by atoms with Gasteiger partial charge in [-0.25, -0.2) is 19.2 Å². The minimum atomic E-state index is -0.625. The molecule has 5 N–H and O–H groups in total. The lowest BCUT2D eigenvalue weighted by atomic mass is 9.89. The molecule has 5 saturated heterocycles. The van der Waals surface area contributed by atoms with E-state index in [2.05, 4.69) is 78.4 Å². The normalized spacial score (nSPS) is 22.8. The number of H-pyrrole nitrogens is 5. The molecule has 5 aromatic heterocycles. The molecular weight excluding hydrogens is 1830 g/mol. The first-order valence-corrected chi connectivity index (χ1v) is 46.6. The van der Waals surface area contributed by atoms with E-state index in [0.717, 1.165) is 164 Å². The number of nitrogens with one attached hydrogen (secondary N) is 5. The first kappa shape index (κ1) is 81.6. The van der Waals surface area contributed by atoms with Crippen LogP contribution >= 0.6 is 60.6 Å². The summed E-state index contributed by atoms with van der Waals surface area (Å²) in [6, 6.07) is 66.6. The van der Waals surface area contributed by atoms with Crippen LogP contribution in [0.25, 0.3) is 54.5 Å². The Hall–Kier alpha value is -15.2. The second kappa shape index (κ2) is 31.5. The first-order chi connectivity index (χ1) is 66.4. The maximum absolute atomic E-state index is 13.1. The van der Waals surface area contributed by atoms with Crippen LogP contribution in [0.1, 0.15) is 114 Å². The second-order valence-electron chi connectivity index (χ2n) is 35.0. The number of aromatic nitrogens is 5. The van der Waals surface area contributed by atoms with Crippen LogP contribution in [-0.2, 0) is 60.7 Å². The average Bonchev–Trinajstić information content (AvgIpc) is 1.59. The van der Waals surface area contributed by atoms with Crippen molar-refractivity contribution in [1.29, 1.82) is 0 Å². The van der Waals surface area contributed by atoms with Crippen LogP contribution < -0.4 is 47.4 Å². The summed E-state index contributed by atoms with van der Waals surface area (Å²) in [6.45, 7) is 1.06. The monoisotopic (exact) mass is 1900 g/mol. The smallest absolute Gasteiger partial charge is 0.419 e. The predicted octanol–water partition coefficient (Wildman–Crippen LogP) is 17.0. The fourth-order valence-electron chi connectivity index (χ4n) is 22.0. The third-order valence-corrected chi connectivity index (χ3v) is 30.4. The van der Waals surface area contributed by atoms with Crippen molar-refractivity contribution in [3.8, 4) is 57.5 Å². The van der Waals surface area contributed by atoms with E-state index >= 15 is 0 Å². The van der Waals surface area contributed by atoms with Crippen LogP contribution in [0.15, 0.2) is 212 Å². The number of fused-ring (bicyclic) bond motifs is 25. The molecular formula is C101H73N11O19S5. The van der Waals surface area contributed by atoms with Gasteiger partial charge in [-0.3, -0.25) is 19.4 Å². The van der Waals surface area contributed by atoms with E-state index in [1.807, 2.05) is 174 Å². The van der Waals surface area contributed by atoms with E-state index in [9.17, 15) is 28.8 Å². The molecule has 5 fully saturated rings. The minimum Gasteiger partial charge on any atom is -0.454 e. The first-order valence-electron chi connectivity index (χ1n) is 44.2. The van der Waals surface area contributed by atoms with Gasteiger partial charge in [-0.2, -0.15) is 0 Å². The van der Waals surface area contributed by atoms with Gasteiger partial charge in [0.05, 0.1) is 24.2 Å². The maximum atomic E-state index is 13.1. The summed E-state index contributed by atoms with van der Waals surface area (Å²) in [5, 5.41) is 6.61. The van der Waals surface area contributed by atoms with Crippen LogP contribution in [0.4, 0.5) is 14.4 Å². The van der Waals surface area contributed by atoms with Crippen molar-refractivity contribution in [3.63, 3.8) is 0 Å². The van der Waals surface area contributed by atoms with Gasteiger partial charge < -0.3 is 106 Å². The molecule has 136 heavy (non-hydrogen) atoms. The van der Waals surface area contributed by atoms with Crippen molar-refractivity contribution >= 4 is 170 Å². The zero-order valence-electron chi connectivity index (χ0n) is 71.5. The fourth-order valence-corrected chi connectivity index (χ4v) is 24.0. The number of hydrogen-bond acceptors (Lipinski definition) is 24. The van der Waals surface area contributed by atoms with E-state index in [1.54, 1.807) is 16.8 Å². The number of carbonyl (C=O) groups excluding carboxylic acids is 6. The molecule has 20 heterocycles. The number of urea groups is 1. The van der Waals surface area contributed by atoms with Gasteiger partial charge in [0.1, 0.15) is 41.2 Å². The number of ether oxygens (including phenoxy) is 13. The summed E-state index contributed by atoms with van der Waals surface area (Å²) in [5.74, 6) is 6.24. The topological polar surface area (TPSA) is 321 Å². The van der Waals surface area contributed by atoms with E-state index < -0.39 is 36.2 Å². The number of likely N-dealkylation sites (N-methyl/N-ethyl adjacent to an activating group) is 1. The molecule has 0 bridgehead atoms. The molecule has 15 aliphatic rings. The van der Waals surface area contributed by atoms with Crippen molar-refractivity contribution in [3.05, 3.63) is 296 Å². The highest BCUT2D eigenvalue weighted by Gasteiger charge is 2.56. The molecule has 10 atom stereocenters. The summed E-state index contributed by atoms with van der Waals surface area (Å²) in [5.41, 5.74) is 20.8. The van der Waals surface area contributed by atoms with E-state index in [-0.39, 0.29) is 97.7 Å². The number of carbonyl (C=O) groups is 6. The molecule has 15 aromatic rings. The van der Waals surface area contributed by atoms with Gasteiger partial charge in [0, 0.05) is 134 Å². The highest BCUT2D eigenvalue weighted by Crippen LogP contribution is 2.54. The lowest BCUT2D eigenvalue weighted by Gasteiger charge is -2.36. The molecule has 15 aliphatic heterocycles. The Morgan fingerprint density at radius 2 is 0.588 bits per heavy atom. The molecule has 0 radical (unpaired) electrons. The Morgan fingerprint density at radius 1 is 0.301 bits per heavy atom. The Morgan fingerprint density at radius 3 is 0.963 bits per heavy atom. The lowest BCUT2D eigenvalue weighted by molar-refractivity contribution is -0.136. The molecule has 35 heteroatoms. The van der Waals surface area contributed by atoms with Crippen molar-refractivity contribution < 1.29 is 90.3 Å². The summed E-state index contributed by atoms with van der Waals surface area (Å²) >= 11 is 22.9. The number of rotatable bonds is 5. The van der Waals surface area contributed by atoms with Gasteiger partial charge in [0.15, 0.2) is 62.5 Å². The molecule has 0 unspecified atom stereocenters. The van der Waals surface area contributed by atoms with Crippen LogP contribution in [0.3, 0.4) is 0 Å². The summed E-state index contributed by atoms with van der Waals surface area (Å²) in [6.07, 6.45) is 2.42. The Bertz CT molecular complexity index is 7100. The Kier molecular flexibility index (Phi) is 18.9. The van der Waals surface area contributed by atoms with E-state index in [0.29, 0.717) is 69.0 Å². The van der Waals surface area contributed by atoms with Gasteiger partial charge in [-0.15, -0.1) is 0 Å². The third kappa shape index (κ3) is 12.8. The van der Waals surface area contributed by atoms with E-state index in [1.165, 1.54) is 26.8 Å². The number of esters is 2. The molecule has 0 saturated carbocycles. The van der Waals surface area contributed by atoms with Crippen molar-refractivity contribution in [1.82, 2.24) is 54.3 Å². The number of benzene rings is 10. The van der Waals surface area contributed by atoms with Crippen LogP contribution in [-0.4, -0.2) is 180 Å². The van der Waals surface area contributed by atoms with Crippen LogP contribution in [0.5, 0.6) is 57.5 Å². The van der Waals surface area contributed by atoms with Gasteiger partial charge >= 0.3 is 24.1 Å². The van der Waals surface area contributed by atoms with Crippen molar-refractivity contribution in [2.75, 3.05) is 41.0 Å². The van der Waals surface area contributed by atoms with Gasteiger partial charge in [0.2, 0.25) is 39.1 Å². The van der Waals surface area contributed by atoms with Crippen LogP contribution in [0.2, 0.25) is 0 Å². The number of nitrogens with zero attached hydrogens (tertiary/aromatic N) is 6. The molecule has 30 rings (SSSR count). The summed E-state index contributed by atoms with van der Waals surface area (Å²) in [4.78, 5) is 105. The molecule has 676 valence electrons. The maximum Gasteiger partial charge on any atom is 0.419 e. The zero-order chi connectivity index (χ0) is 91.5. The predicted molar refractivity (Wildman–Crippen MR) is 510 cm³/mol. The lowest BCUT2D eigenvalue weighted by Crippen LogP contribution is -2.44. The van der Waals surface area contributed by atoms with Gasteiger partial charge in [-0.1, -0.05) is 134 Å². The van der Waals surface area contributed by atoms with E-state index in [4.69, 9.17) is 110 Å². The Labute approximate surface area is 796 Å². The second-order valence-corrected chi connectivity index (χ2v) is 37.4. The molecule has 10 aromatic carbocycles. The van der Waals surface area contributed by atoms with Crippen molar-refractivity contribution in [2.45, 2.75) is 92.5 Å². The average molecular weight is 1910 g/mol. The summed E-state index contributed by atoms with van der Waals surface area (Å²) in [7, 11) is 1.76. The number of aromatic amines is 5. The number of cyclic esters (lactones) is 3. The SMILES string of the molecule is CN1C(=O)N2[C@H](c3ccc4c(c3)OCO4)c3[nH]c4ccccc4c3C[C@H]2C1=S.O=C1OC(=O)N2[C@H](c3ccc4c(c3)OCO4)c3[nH]c4ccccc4c3C[C@H]12.O=C1OC(=S)N2[C@H](c3ccc4c(c3)OCO4)c3[nH]c4ccccc4c3C[C@H]12.O=C1SC(=O)N2[C@H](c3ccc4c(c3)OCO4)c3[nH]c4ccccc4c3C[C@H]12.S=C1OC(=S)N2[C@H](c3ccc4c(c3)OCO4)c3[nH]c4ccccc4c3C[C@H]12. The number of para-hydroxylation sites is 5. The minimum absolute atomic E-state index is 0.0466. The number of thiocarbonyl (C=S) groups is 4. The third-order valence-electron chi connectivity index (χ3n) is 28.0. The Balaban J connectivity index is 0.0000000882. The number of amides is 4. The molecule has 0 spiro atoms. The van der Waals surface area contributed by atoms with Crippen molar-refractivity contribution in [2.24, 2.45) is 0 Å². The summed E-state index contributed by atoms with van der Waals surface area (Å²) < 4.78 is 70.9. The number of thioether (sulfide) groups is 1. The van der Waals surface area contributed by atoms with Gasteiger partial charge in [-0.05, 0) is 183 Å². The van der Waals surface area contributed by atoms with Gasteiger partial charge in [0.25, 0.3) is 15.6 Å². The molecule has 30 nitrogen and oxygen atoms in total. The highest BCUT2D eigenvalue weighted by atomic mass is 32.2. The fraction of sp³-hybridized carbons (Fsp3) is 0.208. The molecule has 0 aliphatic carbocycles. The molecule has 4 amide bonds. The number of hydrogen-bond donors (Lipinski definition) is 5.